The molecular weight excluding hydrogens is 549 g/mol. The lowest BCUT2D eigenvalue weighted by molar-refractivity contribution is 1.53. The van der Waals surface area contributed by atoms with Gasteiger partial charge in [-0.05, 0) is 83.0 Å². The molecule has 0 saturated carbocycles. The van der Waals surface area contributed by atoms with Gasteiger partial charge in [0.05, 0.1) is 0 Å². The number of thiol groups is 1. The van der Waals surface area contributed by atoms with Gasteiger partial charge in [0.1, 0.15) is 0 Å². The van der Waals surface area contributed by atoms with E-state index in [-0.39, 0.29) is 0 Å². The lowest BCUT2D eigenvalue weighted by Crippen LogP contribution is -1.88. The van der Waals surface area contributed by atoms with Crippen molar-refractivity contribution < 1.29 is 0 Å². The maximum atomic E-state index is 4.70. The maximum Gasteiger partial charge on any atom is 0.0118 e. The summed E-state index contributed by atoms with van der Waals surface area (Å²) < 4.78 is 0. The Morgan fingerprint density at radius 3 is 1.23 bits per heavy atom. The normalized spacial score (nSPS) is 11.4. The molecule has 0 amide bonds. The predicted molar refractivity (Wildman–Crippen MR) is 197 cm³/mol. The Bertz CT molecular complexity index is 1640. The summed E-state index contributed by atoms with van der Waals surface area (Å²) in [7, 11) is 0. The molecule has 0 aliphatic carbocycles. The number of allylic oxidation sites excluding steroid dienone is 6. The van der Waals surface area contributed by atoms with Crippen LogP contribution in [0, 0.1) is 0 Å². The molecule has 0 N–H and O–H groups in total. The van der Waals surface area contributed by atoms with Gasteiger partial charge in [-0.15, -0.1) is 12.6 Å². The van der Waals surface area contributed by atoms with E-state index in [1.807, 2.05) is 44.2 Å². The van der Waals surface area contributed by atoms with Crippen molar-refractivity contribution in [1.82, 2.24) is 0 Å². The minimum absolute atomic E-state index is 0.957. The molecule has 0 nitrogen and oxygen atoms in total. The lowest BCUT2D eigenvalue weighted by Gasteiger charge is -2.09. The molecule has 44 heavy (non-hydrogen) atoms. The molecule has 5 aromatic carbocycles. The van der Waals surface area contributed by atoms with Gasteiger partial charge in [0.2, 0.25) is 0 Å². The van der Waals surface area contributed by atoms with E-state index in [1.54, 1.807) is 0 Å². The van der Waals surface area contributed by atoms with Gasteiger partial charge in [0, 0.05) is 4.91 Å². The standard InChI is InChI=1S/C28H26S.C15H14/c1-3-11-22(4-2)21-28(29)26-18-16-23(17-19-26)20-27(24-12-7-5-8-13-24)25-14-9-6-10-15-25;1-2-15(13-9-5-3-6-10-13)14-11-7-4-8-12-14/h3-21,29H,1-2H3;2-12H,1H3/b11-3-,22-4+,28-21-;. The molecule has 5 rings (SSSR count). The van der Waals surface area contributed by atoms with Crippen molar-refractivity contribution in [2.75, 3.05) is 0 Å². The first-order chi connectivity index (χ1) is 21.6. The highest BCUT2D eigenvalue weighted by Crippen LogP contribution is 2.28. The number of hydrogen-bond donors (Lipinski definition) is 1. The summed E-state index contributed by atoms with van der Waals surface area (Å²) in [6, 6.07) is 50.5. The highest BCUT2D eigenvalue weighted by atomic mass is 32.1. The summed E-state index contributed by atoms with van der Waals surface area (Å²) in [4.78, 5) is 0.957. The zero-order valence-electron chi connectivity index (χ0n) is 25.8. The molecule has 0 aliphatic rings. The summed E-state index contributed by atoms with van der Waals surface area (Å²) in [6.45, 7) is 6.14. The van der Waals surface area contributed by atoms with Crippen LogP contribution in [-0.2, 0) is 0 Å². The van der Waals surface area contributed by atoms with Crippen molar-refractivity contribution in [1.29, 1.82) is 0 Å². The summed E-state index contributed by atoms with van der Waals surface area (Å²) in [5.74, 6) is 0. The Hall–Kier alpha value is -4.85. The molecule has 0 aliphatic heterocycles. The fourth-order valence-corrected chi connectivity index (χ4v) is 5.18. The van der Waals surface area contributed by atoms with Gasteiger partial charge >= 0.3 is 0 Å². The van der Waals surface area contributed by atoms with Crippen molar-refractivity contribution in [2.45, 2.75) is 20.8 Å². The van der Waals surface area contributed by atoms with E-state index in [9.17, 15) is 0 Å². The van der Waals surface area contributed by atoms with Gasteiger partial charge in [0.15, 0.2) is 0 Å². The van der Waals surface area contributed by atoms with Crippen LogP contribution in [0.25, 0.3) is 22.1 Å². The SMILES string of the molecule is CC=C(c1ccccc1)c1ccccc1.C\C=C/C(/C=C(\S)c1ccc(C=C(c2ccccc2)c2ccccc2)cc1)=C\C. The van der Waals surface area contributed by atoms with Gasteiger partial charge in [0.25, 0.3) is 0 Å². The molecule has 5 aromatic rings. The van der Waals surface area contributed by atoms with Crippen LogP contribution in [0.5, 0.6) is 0 Å². The van der Waals surface area contributed by atoms with Crippen molar-refractivity contribution in [3.8, 4) is 0 Å². The highest BCUT2D eigenvalue weighted by Gasteiger charge is 2.06. The molecule has 0 aromatic heterocycles. The van der Waals surface area contributed by atoms with Gasteiger partial charge in [-0.25, -0.2) is 0 Å². The first kappa shape index (κ1) is 32.1. The van der Waals surface area contributed by atoms with Crippen LogP contribution in [-0.4, -0.2) is 0 Å². The maximum absolute atomic E-state index is 4.70. The molecule has 0 saturated heterocycles. The molecule has 0 atom stereocenters. The van der Waals surface area contributed by atoms with E-state index in [0.717, 1.165) is 21.6 Å². The molecule has 0 radical (unpaired) electrons. The van der Waals surface area contributed by atoms with E-state index < -0.39 is 0 Å². The lowest BCUT2D eigenvalue weighted by atomic mass is 9.95. The summed E-state index contributed by atoms with van der Waals surface area (Å²) in [5, 5.41) is 0. The second kappa shape index (κ2) is 17.3. The van der Waals surface area contributed by atoms with Crippen molar-refractivity contribution in [3.63, 3.8) is 0 Å². The molecule has 0 heterocycles. The van der Waals surface area contributed by atoms with Crippen LogP contribution in [0.15, 0.2) is 182 Å². The Labute approximate surface area is 269 Å². The monoisotopic (exact) mass is 588 g/mol. The van der Waals surface area contributed by atoms with E-state index in [0.29, 0.717) is 0 Å². The van der Waals surface area contributed by atoms with Crippen molar-refractivity contribution in [3.05, 3.63) is 215 Å². The fourth-order valence-electron chi connectivity index (χ4n) is 4.88. The first-order valence-electron chi connectivity index (χ1n) is 15.0. The predicted octanol–water partition coefficient (Wildman–Crippen LogP) is 12.2. The first-order valence-corrected chi connectivity index (χ1v) is 15.5. The molecule has 1 heteroatoms. The minimum Gasteiger partial charge on any atom is -0.143 e. The third-order valence-electron chi connectivity index (χ3n) is 7.14. The zero-order valence-corrected chi connectivity index (χ0v) is 26.7. The van der Waals surface area contributed by atoms with E-state index in [2.05, 4.69) is 159 Å². The number of rotatable bonds is 8. The van der Waals surface area contributed by atoms with Crippen LogP contribution in [0.1, 0.15) is 54.2 Å². The summed E-state index contributed by atoms with van der Waals surface area (Å²) in [6.07, 6.45) is 12.7. The second-order valence-electron chi connectivity index (χ2n) is 10.2. The summed E-state index contributed by atoms with van der Waals surface area (Å²) >= 11 is 4.70. The molecule has 0 unspecified atom stereocenters. The van der Waals surface area contributed by atoms with Crippen LogP contribution < -0.4 is 0 Å². The highest BCUT2D eigenvalue weighted by molar-refractivity contribution is 7.90. The largest absolute Gasteiger partial charge is 0.143 e. The topological polar surface area (TPSA) is 0 Å². The van der Waals surface area contributed by atoms with E-state index in [1.165, 1.54) is 33.4 Å². The van der Waals surface area contributed by atoms with Gasteiger partial charge < -0.3 is 0 Å². The smallest absolute Gasteiger partial charge is 0.0118 e. The van der Waals surface area contributed by atoms with Crippen LogP contribution in [0.3, 0.4) is 0 Å². The molecule has 0 bridgehead atoms. The summed E-state index contributed by atoms with van der Waals surface area (Å²) in [5.41, 5.74) is 10.9. The Kier molecular flexibility index (Phi) is 12.6. The Balaban J connectivity index is 0.000000246. The van der Waals surface area contributed by atoms with Crippen LogP contribution in [0.4, 0.5) is 0 Å². The average Bonchev–Trinajstić information content (AvgIpc) is 3.09. The van der Waals surface area contributed by atoms with Gasteiger partial charge in [-0.3, -0.25) is 0 Å². The van der Waals surface area contributed by atoms with Gasteiger partial charge in [-0.2, -0.15) is 0 Å². The molecule has 0 spiro atoms. The van der Waals surface area contributed by atoms with E-state index in [4.69, 9.17) is 12.6 Å². The van der Waals surface area contributed by atoms with Crippen molar-refractivity contribution in [2.24, 2.45) is 0 Å². The Morgan fingerprint density at radius 1 is 0.455 bits per heavy atom. The van der Waals surface area contributed by atoms with Crippen LogP contribution in [0.2, 0.25) is 0 Å². The van der Waals surface area contributed by atoms with Crippen LogP contribution >= 0.6 is 12.6 Å². The minimum atomic E-state index is 0.957. The number of hydrogen-bond acceptors (Lipinski definition) is 1. The van der Waals surface area contributed by atoms with Gasteiger partial charge in [-0.1, -0.05) is 170 Å². The van der Waals surface area contributed by atoms with Crippen molar-refractivity contribution >= 4 is 34.8 Å². The zero-order chi connectivity index (χ0) is 31.0. The third-order valence-corrected chi connectivity index (χ3v) is 7.53. The quantitative estimate of drug-likeness (QED) is 0.104. The molecule has 218 valence electrons. The third kappa shape index (κ3) is 9.33. The molecule has 0 fully saturated rings. The Morgan fingerprint density at radius 2 is 0.864 bits per heavy atom. The number of benzene rings is 5. The second-order valence-corrected chi connectivity index (χ2v) is 10.6. The average molecular weight is 589 g/mol. The fraction of sp³-hybridized carbons (Fsp3) is 0.0698. The molecular formula is C43H40S. The van der Waals surface area contributed by atoms with E-state index >= 15 is 0 Å².